The fourth-order valence-corrected chi connectivity index (χ4v) is 5.39. The van der Waals surface area contributed by atoms with Crippen molar-refractivity contribution in [2.45, 2.75) is 18.4 Å². The fraction of sp³-hybridized carbons (Fsp3) is 0.100. The average molecular weight is 547 g/mol. The quantitative estimate of drug-likeness (QED) is 0.220. The topological polar surface area (TPSA) is 75.7 Å². The molecule has 0 saturated carbocycles. The first kappa shape index (κ1) is 27.0. The minimum atomic E-state index is -4.03. The predicted octanol–water partition coefficient (Wildman–Crippen LogP) is 6.86. The van der Waals surface area contributed by atoms with E-state index in [9.17, 15) is 13.2 Å². The Morgan fingerprint density at radius 3 is 2.39 bits per heavy atom. The number of ether oxygens (including phenoxy) is 1. The normalized spacial score (nSPS) is 11.0. The van der Waals surface area contributed by atoms with E-state index in [1.165, 1.54) is 4.31 Å². The minimum absolute atomic E-state index is 0.00253. The van der Waals surface area contributed by atoms with Crippen molar-refractivity contribution in [1.82, 2.24) is 0 Å². The highest BCUT2D eigenvalue weighted by Gasteiger charge is 2.28. The molecule has 0 aliphatic carbocycles. The number of rotatable bonds is 10. The van der Waals surface area contributed by atoms with Gasteiger partial charge in [-0.3, -0.25) is 9.10 Å². The van der Waals surface area contributed by atoms with Gasteiger partial charge in [-0.05, 0) is 61.0 Å². The van der Waals surface area contributed by atoms with Gasteiger partial charge in [-0.15, -0.1) is 0 Å². The van der Waals surface area contributed by atoms with Crippen LogP contribution in [0.15, 0.2) is 115 Å². The van der Waals surface area contributed by atoms with Gasteiger partial charge in [0.25, 0.3) is 15.9 Å². The molecule has 0 fully saturated rings. The Labute approximate surface area is 228 Å². The molecule has 0 aromatic heterocycles. The van der Waals surface area contributed by atoms with Crippen LogP contribution in [0.4, 0.5) is 11.4 Å². The fourth-order valence-electron chi connectivity index (χ4n) is 3.79. The summed E-state index contributed by atoms with van der Waals surface area (Å²) in [7, 11) is -4.03. The molecule has 38 heavy (non-hydrogen) atoms. The van der Waals surface area contributed by atoms with Crippen molar-refractivity contribution in [3.63, 3.8) is 0 Å². The van der Waals surface area contributed by atoms with E-state index in [2.05, 4.69) is 11.9 Å². The van der Waals surface area contributed by atoms with Crippen molar-refractivity contribution in [1.29, 1.82) is 0 Å². The van der Waals surface area contributed by atoms with Crippen molar-refractivity contribution in [3.8, 4) is 5.75 Å². The van der Waals surface area contributed by atoms with Crippen LogP contribution in [0.2, 0.25) is 5.02 Å². The van der Waals surface area contributed by atoms with E-state index in [1.54, 1.807) is 103 Å². The second kappa shape index (κ2) is 12.0. The Morgan fingerprint density at radius 2 is 1.68 bits per heavy atom. The van der Waals surface area contributed by atoms with Gasteiger partial charge in [-0.2, -0.15) is 0 Å². The van der Waals surface area contributed by atoms with E-state index in [1.807, 2.05) is 6.92 Å². The highest BCUT2D eigenvalue weighted by molar-refractivity contribution is 7.92. The molecule has 4 rings (SSSR count). The summed E-state index contributed by atoms with van der Waals surface area (Å²) in [6.07, 6.45) is 1.63. The van der Waals surface area contributed by atoms with Crippen LogP contribution < -0.4 is 14.4 Å². The number of amides is 1. The van der Waals surface area contributed by atoms with Crippen molar-refractivity contribution < 1.29 is 17.9 Å². The molecule has 4 aromatic rings. The molecule has 0 heterocycles. The average Bonchev–Trinajstić information content (AvgIpc) is 2.92. The molecule has 0 spiro atoms. The smallest absolute Gasteiger partial charge is 0.264 e. The summed E-state index contributed by atoms with van der Waals surface area (Å²) in [5.41, 5.74) is 2.62. The molecule has 6 nitrogen and oxygen atoms in total. The van der Waals surface area contributed by atoms with E-state index in [0.29, 0.717) is 28.6 Å². The van der Waals surface area contributed by atoms with E-state index in [4.69, 9.17) is 16.3 Å². The summed E-state index contributed by atoms with van der Waals surface area (Å²) < 4.78 is 34.7. The molecule has 8 heteroatoms. The van der Waals surface area contributed by atoms with E-state index in [-0.39, 0.29) is 22.7 Å². The number of benzene rings is 4. The Morgan fingerprint density at radius 1 is 0.974 bits per heavy atom. The zero-order valence-corrected chi connectivity index (χ0v) is 22.4. The Hall–Kier alpha value is -4.07. The lowest BCUT2D eigenvalue weighted by Crippen LogP contribution is -2.32. The van der Waals surface area contributed by atoms with Gasteiger partial charge < -0.3 is 10.1 Å². The van der Waals surface area contributed by atoms with Crippen LogP contribution in [-0.4, -0.2) is 20.9 Å². The standard InChI is InChI=1S/C30H27ClN2O4S/c1-3-19-37-26-8-6-7-25(20-26)32-30(34)28-9-4-5-10-29(28)33(21-23-13-15-24(31)16-14-23)38(35,36)27-17-11-22(2)12-18-27/h3-18,20H,1,19,21H2,2H3,(H,32,34). The number of nitrogens with one attached hydrogen (secondary N) is 1. The van der Waals surface area contributed by atoms with Crippen molar-refractivity contribution in [2.75, 3.05) is 16.2 Å². The summed E-state index contributed by atoms with van der Waals surface area (Å²) in [4.78, 5) is 13.6. The number of hydrogen-bond acceptors (Lipinski definition) is 4. The number of carbonyl (C=O) groups is 1. The number of nitrogens with zero attached hydrogens (tertiary/aromatic N) is 1. The van der Waals surface area contributed by atoms with Crippen LogP contribution in [-0.2, 0) is 16.6 Å². The van der Waals surface area contributed by atoms with Gasteiger partial charge >= 0.3 is 0 Å². The SMILES string of the molecule is C=CCOc1cccc(NC(=O)c2ccccc2N(Cc2ccc(Cl)cc2)S(=O)(=O)c2ccc(C)cc2)c1. The number of halogens is 1. The molecule has 0 atom stereocenters. The minimum Gasteiger partial charge on any atom is -0.489 e. The summed E-state index contributed by atoms with van der Waals surface area (Å²) in [6, 6.07) is 27.1. The number of anilines is 2. The predicted molar refractivity (Wildman–Crippen MR) is 153 cm³/mol. The van der Waals surface area contributed by atoms with Gasteiger partial charge in [0, 0.05) is 16.8 Å². The molecular weight excluding hydrogens is 520 g/mol. The zero-order chi connectivity index (χ0) is 27.1. The second-order valence-corrected chi connectivity index (χ2v) is 10.8. The summed E-state index contributed by atoms with van der Waals surface area (Å²) in [6.45, 7) is 5.86. The first-order chi connectivity index (χ1) is 18.3. The van der Waals surface area contributed by atoms with Crippen LogP contribution >= 0.6 is 11.6 Å². The Kier molecular flexibility index (Phi) is 8.51. The maximum absolute atomic E-state index is 13.9. The molecule has 4 aromatic carbocycles. The van der Waals surface area contributed by atoms with Gasteiger partial charge in [-0.25, -0.2) is 8.42 Å². The molecule has 0 radical (unpaired) electrons. The summed E-state index contributed by atoms with van der Waals surface area (Å²) in [5, 5.41) is 3.40. The van der Waals surface area contributed by atoms with Crippen LogP contribution in [0.3, 0.4) is 0 Å². The highest BCUT2D eigenvalue weighted by Crippen LogP contribution is 2.30. The van der Waals surface area contributed by atoms with Crippen LogP contribution in [0.1, 0.15) is 21.5 Å². The second-order valence-electron chi connectivity index (χ2n) is 8.55. The third-order valence-electron chi connectivity index (χ3n) is 5.73. The number of hydrogen-bond donors (Lipinski definition) is 1. The van der Waals surface area contributed by atoms with Crippen molar-refractivity contribution >= 4 is 38.9 Å². The van der Waals surface area contributed by atoms with Gasteiger partial charge in [0.15, 0.2) is 0 Å². The third-order valence-corrected chi connectivity index (χ3v) is 7.75. The molecule has 0 aliphatic rings. The lowest BCUT2D eigenvalue weighted by Gasteiger charge is -2.27. The number of para-hydroxylation sites is 1. The number of aryl methyl sites for hydroxylation is 1. The van der Waals surface area contributed by atoms with Gasteiger partial charge in [0.2, 0.25) is 0 Å². The molecule has 1 N–H and O–H groups in total. The van der Waals surface area contributed by atoms with Crippen LogP contribution in [0, 0.1) is 6.92 Å². The number of carbonyl (C=O) groups excluding carboxylic acids is 1. The highest BCUT2D eigenvalue weighted by atomic mass is 35.5. The molecular formula is C30H27ClN2O4S. The van der Waals surface area contributed by atoms with Crippen LogP contribution in [0.5, 0.6) is 5.75 Å². The molecule has 0 aliphatic heterocycles. The summed E-state index contributed by atoms with van der Waals surface area (Å²) >= 11 is 6.05. The van der Waals surface area contributed by atoms with Gasteiger partial charge in [0.1, 0.15) is 12.4 Å². The summed E-state index contributed by atoms with van der Waals surface area (Å²) in [5.74, 6) is 0.115. The third kappa shape index (κ3) is 6.43. The monoisotopic (exact) mass is 546 g/mol. The van der Waals surface area contributed by atoms with E-state index in [0.717, 1.165) is 5.56 Å². The molecule has 0 saturated heterocycles. The van der Waals surface area contributed by atoms with Crippen molar-refractivity contribution in [2.24, 2.45) is 0 Å². The van der Waals surface area contributed by atoms with E-state index >= 15 is 0 Å². The molecule has 1 amide bonds. The molecule has 0 unspecified atom stereocenters. The van der Waals surface area contributed by atoms with Crippen LogP contribution in [0.25, 0.3) is 0 Å². The maximum atomic E-state index is 13.9. The molecule has 194 valence electrons. The first-order valence-electron chi connectivity index (χ1n) is 11.9. The largest absolute Gasteiger partial charge is 0.489 e. The number of sulfonamides is 1. The van der Waals surface area contributed by atoms with Crippen molar-refractivity contribution in [3.05, 3.63) is 131 Å². The Balaban J connectivity index is 1.74. The first-order valence-corrected chi connectivity index (χ1v) is 13.7. The lowest BCUT2D eigenvalue weighted by atomic mass is 10.1. The zero-order valence-electron chi connectivity index (χ0n) is 20.8. The molecule has 0 bridgehead atoms. The lowest BCUT2D eigenvalue weighted by molar-refractivity contribution is 0.102. The van der Waals surface area contributed by atoms with Gasteiger partial charge in [-0.1, -0.05) is 72.3 Å². The van der Waals surface area contributed by atoms with Gasteiger partial charge in [0.05, 0.1) is 22.7 Å². The Bertz CT molecular complexity index is 1540. The maximum Gasteiger partial charge on any atom is 0.264 e. The van der Waals surface area contributed by atoms with E-state index < -0.39 is 15.9 Å².